The predicted octanol–water partition coefficient (Wildman–Crippen LogP) is 2.62. The van der Waals surface area contributed by atoms with Crippen LogP contribution in [0, 0.1) is 0 Å². The van der Waals surface area contributed by atoms with E-state index < -0.39 is 0 Å². The highest BCUT2D eigenvalue weighted by Crippen LogP contribution is 2.42. The molecular formula is C14H20N2OS. The zero-order valence-corrected chi connectivity index (χ0v) is 11.9. The van der Waals surface area contributed by atoms with Gasteiger partial charge in [-0.05, 0) is 38.3 Å². The first-order chi connectivity index (χ1) is 8.49. The lowest BCUT2D eigenvalue weighted by molar-refractivity contribution is 0.0204. The van der Waals surface area contributed by atoms with E-state index in [-0.39, 0.29) is 10.3 Å². The molecule has 0 amide bonds. The molecule has 0 N–H and O–H groups in total. The molecule has 1 aromatic rings. The zero-order valence-electron chi connectivity index (χ0n) is 11.0. The van der Waals surface area contributed by atoms with Crippen molar-refractivity contribution in [3.8, 4) is 0 Å². The van der Waals surface area contributed by atoms with Crippen LogP contribution < -0.4 is 4.90 Å². The fraction of sp³-hybridized carbons (Fsp3) is 0.643. The number of nitrogens with zero attached hydrogens (tertiary/aromatic N) is 2. The van der Waals surface area contributed by atoms with E-state index in [1.54, 1.807) is 0 Å². The summed E-state index contributed by atoms with van der Waals surface area (Å²) in [6, 6.07) is 4.24. The molecule has 0 radical (unpaired) electrons. The van der Waals surface area contributed by atoms with Crippen LogP contribution in [0.4, 0.5) is 5.82 Å². The van der Waals surface area contributed by atoms with E-state index in [1.807, 2.05) is 6.20 Å². The lowest BCUT2D eigenvalue weighted by atomic mass is 10.0. The Morgan fingerprint density at radius 2 is 2.17 bits per heavy atom. The van der Waals surface area contributed by atoms with E-state index >= 15 is 0 Å². The molecule has 4 heteroatoms. The predicted molar refractivity (Wildman–Crippen MR) is 76.4 cm³/mol. The molecular weight excluding hydrogens is 244 g/mol. The van der Waals surface area contributed by atoms with Crippen LogP contribution >= 0.6 is 12.6 Å². The Bertz CT molecular complexity index is 434. The molecule has 1 aliphatic heterocycles. The molecule has 0 atom stereocenters. The van der Waals surface area contributed by atoms with Gasteiger partial charge >= 0.3 is 0 Å². The summed E-state index contributed by atoms with van der Waals surface area (Å²) in [6.07, 6.45) is 4.34. The van der Waals surface area contributed by atoms with Crippen LogP contribution in [0.15, 0.2) is 18.3 Å². The maximum Gasteiger partial charge on any atom is 0.128 e. The number of ether oxygens (including phenoxy) is 1. The first-order valence-electron chi connectivity index (χ1n) is 6.56. The normalized spacial score (nSPS) is 22.3. The number of thiol groups is 1. The zero-order chi connectivity index (χ0) is 12.8. The van der Waals surface area contributed by atoms with Crippen molar-refractivity contribution >= 4 is 18.4 Å². The van der Waals surface area contributed by atoms with Gasteiger partial charge in [0.25, 0.3) is 0 Å². The van der Waals surface area contributed by atoms with E-state index in [2.05, 4.69) is 48.5 Å². The Morgan fingerprint density at radius 1 is 1.39 bits per heavy atom. The van der Waals surface area contributed by atoms with Gasteiger partial charge in [0.1, 0.15) is 5.82 Å². The van der Waals surface area contributed by atoms with Crippen molar-refractivity contribution in [2.75, 3.05) is 24.6 Å². The van der Waals surface area contributed by atoms with Crippen molar-refractivity contribution in [3.63, 3.8) is 0 Å². The van der Waals surface area contributed by atoms with Gasteiger partial charge in [-0.25, -0.2) is 4.98 Å². The van der Waals surface area contributed by atoms with Gasteiger partial charge in [-0.15, -0.1) is 0 Å². The second-order valence-electron chi connectivity index (χ2n) is 5.92. The molecule has 0 bridgehead atoms. The minimum Gasteiger partial charge on any atom is -0.371 e. The second-order valence-corrected chi connectivity index (χ2v) is 7.04. The molecule has 0 aromatic carbocycles. The van der Waals surface area contributed by atoms with E-state index in [1.165, 1.54) is 12.8 Å². The highest BCUT2D eigenvalue weighted by Gasteiger charge is 2.47. The molecule has 2 aliphatic rings. The molecule has 18 heavy (non-hydrogen) atoms. The first kappa shape index (κ1) is 12.3. The molecule has 3 rings (SSSR count). The maximum atomic E-state index is 5.82. The summed E-state index contributed by atoms with van der Waals surface area (Å²) in [6.45, 7) is 6.92. The summed E-state index contributed by atoms with van der Waals surface area (Å²) in [5.74, 6) is 1.06. The smallest absolute Gasteiger partial charge is 0.128 e. The van der Waals surface area contributed by atoms with Crippen LogP contribution in [0.1, 0.15) is 32.3 Å². The average molecular weight is 264 g/mol. The summed E-state index contributed by atoms with van der Waals surface area (Å²) >= 11 is 4.57. The number of anilines is 1. The molecule has 2 fully saturated rings. The number of hydrogen-bond donors (Lipinski definition) is 1. The minimum atomic E-state index is -0.131. The molecule has 2 heterocycles. The Balaban J connectivity index is 1.76. The third kappa shape index (κ3) is 2.36. The average Bonchev–Trinajstić information content (AvgIpc) is 3.08. The van der Waals surface area contributed by atoms with Gasteiger partial charge in [0, 0.05) is 24.0 Å². The topological polar surface area (TPSA) is 25.4 Å². The summed E-state index contributed by atoms with van der Waals surface area (Å²) < 4.78 is 5.69. The first-order valence-corrected chi connectivity index (χ1v) is 7.01. The Hall–Kier alpha value is -0.740. The maximum absolute atomic E-state index is 5.82. The fourth-order valence-corrected chi connectivity index (χ4v) is 2.55. The number of aromatic nitrogens is 1. The number of pyridine rings is 1. The monoisotopic (exact) mass is 264 g/mol. The van der Waals surface area contributed by atoms with E-state index in [9.17, 15) is 0 Å². The molecule has 1 saturated carbocycles. The number of rotatable bonds is 2. The Morgan fingerprint density at radius 3 is 2.72 bits per heavy atom. The minimum absolute atomic E-state index is 0.131. The van der Waals surface area contributed by atoms with Gasteiger partial charge in [-0.3, -0.25) is 0 Å². The van der Waals surface area contributed by atoms with E-state index in [0.29, 0.717) is 0 Å². The van der Waals surface area contributed by atoms with Crippen LogP contribution in [0.25, 0.3) is 0 Å². The van der Waals surface area contributed by atoms with Gasteiger partial charge in [-0.2, -0.15) is 12.6 Å². The number of hydrogen-bond acceptors (Lipinski definition) is 4. The van der Waals surface area contributed by atoms with Gasteiger partial charge in [0.05, 0.1) is 12.2 Å². The lowest BCUT2D eigenvalue weighted by Crippen LogP contribution is -2.44. The Kier molecular flexibility index (Phi) is 2.83. The highest BCUT2D eigenvalue weighted by molar-refractivity contribution is 7.81. The summed E-state index contributed by atoms with van der Waals surface area (Å²) in [7, 11) is 0. The van der Waals surface area contributed by atoms with Crippen LogP contribution in [0.3, 0.4) is 0 Å². The van der Waals surface area contributed by atoms with Crippen LogP contribution in [-0.4, -0.2) is 30.3 Å². The van der Waals surface area contributed by atoms with Crippen molar-refractivity contribution in [1.29, 1.82) is 0 Å². The van der Waals surface area contributed by atoms with Gasteiger partial charge in [0.15, 0.2) is 0 Å². The lowest BCUT2D eigenvalue weighted by Gasteiger charge is -2.34. The van der Waals surface area contributed by atoms with Gasteiger partial charge < -0.3 is 9.64 Å². The highest BCUT2D eigenvalue weighted by atomic mass is 32.1. The molecule has 98 valence electrons. The third-order valence-electron chi connectivity index (χ3n) is 3.83. The Labute approximate surface area is 114 Å². The van der Waals surface area contributed by atoms with Crippen molar-refractivity contribution in [2.24, 2.45) is 0 Å². The third-order valence-corrected chi connectivity index (χ3v) is 4.09. The van der Waals surface area contributed by atoms with Crippen molar-refractivity contribution in [3.05, 3.63) is 23.9 Å². The van der Waals surface area contributed by atoms with Gasteiger partial charge in [0.2, 0.25) is 0 Å². The van der Waals surface area contributed by atoms with Crippen LogP contribution in [0.2, 0.25) is 0 Å². The van der Waals surface area contributed by atoms with Crippen molar-refractivity contribution < 1.29 is 4.74 Å². The quantitative estimate of drug-likeness (QED) is 0.831. The van der Waals surface area contributed by atoms with Crippen LogP contribution in [0.5, 0.6) is 0 Å². The molecule has 0 unspecified atom stereocenters. The molecule has 1 saturated heterocycles. The fourth-order valence-electron chi connectivity index (χ4n) is 2.42. The van der Waals surface area contributed by atoms with Gasteiger partial charge in [-0.1, -0.05) is 6.07 Å². The summed E-state index contributed by atoms with van der Waals surface area (Å²) in [4.78, 5) is 6.92. The standard InChI is InChI=1S/C14H20N2OS/c1-13(2,18)11-3-4-12(15-9-11)16-7-8-17-14(10-16)5-6-14/h3-4,9,18H,5-8,10H2,1-2H3. The van der Waals surface area contributed by atoms with Crippen LogP contribution in [-0.2, 0) is 9.48 Å². The largest absolute Gasteiger partial charge is 0.371 e. The van der Waals surface area contributed by atoms with Crippen molar-refractivity contribution in [1.82, 2.24) is 4.98 Å². The van der Waals surface area contributed by atoms with E-state index in [0.717, 1.165) is 31.1 Å². The second kappa shape index (κ2) is 4.14. The van der Waals surface area contributed by atoms with E-state index in [4.69, 9.17) is 4.74 Å². The van der Waals surface area contributed by atoms with Crippen molar-refractivity contribution in [2.45, 2.75) is 37.0 Å². The molecule has 1 spiro atoms. The molecule has 3 nitrogen and oxygen atoms in total. The molecule has 1 aliphatic carbocycles. The summed E-state index contributed by atoms with van der Waals surface area (Å²) in [5, 5.41) is 0. The number of morpholine rings is 1. The summed E-state index contributed by atoms with van der Waals surface area (Å²) in [5.41, 5.74) is 1.31. The SMILES string of the molecule is CC(C)(S)c1ccc(N2CCOC3(CC3)C2)nc1. The molecule has 1 aromatic heterocycles.